The van der Waals surface area contributed by atoms with E-state index in [1.807, 2.05) is 18.7 Å². The topological polar surface area (TPSA) is 53.1 Å². The number of benzene rings is 1. The molecule has 0 aliphatic rings. The zero-order valence-corrected chi connectivity index (χ0v) is 10.5. The lowest BCUT2D eigenvalue weighted by atomic mass is 10.3. The van der Waals surface area contributed by atoms with Crippen LogP contribution in [0, 0.1) is 6.92 Å². The molecule has 1 heterocycles. The van der Waals surface area contributed by atoms with Gasteiger partial charge in [0.1, 0.15) is 12.4 Å². The van der Waals surface area contributed by atoms with Gasteiger partial charge in [-0.1, -0.05) is 11.6 Å². The van der Waals surface area contributed by atoms with Crippen LogP contribution in [-0.2, 0) is 13.7 Å². The van der Waals surface area contributed by atoms with Crippen molar-refractivity contribution in [2.24, 2.45) is 7.05 Å². The number of aryl methyl sites for hydroxylation is 1. The van der Waals surface area contributed by atoms with E-state index < -0.39 is 0 Å². The van der Waals surface area contributed by atoms with Gasteiger partial charge in [-0.2, -0.15) is 5.10 Å². The SMILES string of the molecule is Cc1c(COc2ccc(N)cc2Cl)cnn1C. The van der Waals surface area contributed by atoms with Crippen LogP contribution in [0.1, 0.15) is 11.3 Å². The van der Waals surface area contributed by atoms with Gasteiger partial charge in [-0.3, -0.25) is 4.68 Å². The Morgan fingerprint density at radius 1 is 1.47 bits per heavy atom. The van der Waals surface area contributed by atoms with Gasteiger partial charge >= 0.3 is 0 Å². The van der Waals surface area contributed by atoms with Gasteiger partial charge in [0.05, 0.1) is 11.2 Å². The molecular weight excluding hydrogens is 238 g/mol. The Morgan fingerprint density at radius 3 is 2.82 bits per heavy atom. The fourth-order valence-corrected chi connectivity index (χ4v) is 1.72. The first-order chi connectivity index (χ1) is 8.08. The van der Waals surface area contributed by atoms with Crippen LogP contribution in [-0.4, -0.2) is 9.78 Å². The number of anilines is 1. The molecule has 5 heteroatoms. The molecule has 0 saturated heterocycles. The van der Waals surface area contributed by atoms with E-state index in [0.717, 1.165) is 11.3 Å². The molecule has 0 fully saturated rings. The molecule has 0 atom stereocenters. The highest BCUT2D eigenvalue weighted by atomic mass is 35.5. The minimum Gasteiger partial charge on any atom is -0.487 e. The summed E-state index contributed by atoms with van der Waals surface area (Å²) in [5.74, 6) is 0.629. The molecule has 0 aliphatic carbocycles. The van der Waals surface area contributed by atoms with Gasteiger partial charge in [0, 0.05) is 24.0 Å². The van der Waals surface area contributed by atoms with E-state index >= 15 is 0 Å². The van der Waals surface area contributed by atoms with E-state index in [-0.39, 0.29) is 0 Å². The standard InChI is InChI=1S/C12H14ClN3O/c1-8-9(6-15-16(8)2)7-17-12-4-3-10(14)5-11(12)13/h3-6H,7,14H2,1-2H3. The zero-order valence-electron chi connectivity index (χ0n) is 9.77. The van der Waals surface area contributed by atoms with Crippen molar-refractivity contribution in [2.75, 3.05) is 5.73 Å². The van der Waals surface area contributed by atoms with Crippen LogP contribution in [0.25, 0.3) is 0 Å². The monoisotopic (exact) mass is 251 g/mol. The van der Waals surface area contributed by atoms with Gasteiger partial charge < -0.3 is 10.5 Å². The normalized spacial score (nSPS) is 10.5. The second-order valence-electron chi connectivity index (χ2n) is 3.86. The first-order valence-electron chi connectivity index (χ1n) is 5.23. The summed E-state index contributed by atoms with van der Waals surface area (Å²) < 4.78 is 7.44. The lowest BCUT2D eigenvalue weighted by Crippen LogP contribution is -1.99. The van der Waals surface area contributed by atoms with Crippen molar-refractivity contribution in [3.05, 3.63) is 40.7 Å². The fraction of sp³-hybridized carbons (Fsp3) is 0.250. The van der Waals surface area contributed by atoms with Crippen LogP contribution >= 0.6 is 11.6 Å². The second-order valence-corrected chi connectivity index (χ2v) is 4.26. The molecule has 2 aromatic rings. The predicted molar refractivity (Wildman–Crippen MR) is 68.1 cm³/mol. The van der Waals surface area contributed by atoms with E-state index in [4.69, 9.17) is 22.1 Å². The van der Waals surface area contributed by atoms with Crippen molar-refractivity contribution in [1.29, 1.82) is 0 Å². The van der Waals surface area contributed by atoms with Gasteiger partial charge in [-0.05, 0) is 25.1 Å². The Labute approximate surface area is 105 Å². The van der Waals surface area contributed by atoms with Crippen LogP contribution in [0.5, 0.6) is 5.75 Å². The molecule has 0 unspecified atom stereocenters. The predicted octanol–water partition coefficient (Wildman–Crippen LogP) is 2.54. The maximum Gasteiger partial charge on any atom is 0.138 e. The maximum atomic E-state index is 6.01. The summed E-state index contributed by atoms with van der Waals surface area (Å²) in [4.78, 5) is 0. The smallest absolute Gasteiger partial charge is 0.138 e. The summed E-state index contributed by atoms with van der Waals surface area (Å²) in [6, 6.07) is 5.20. The van der Waals surface area contributed by atoms with Crippen molar-refractivity contribution in [3.8, 4) is 5.75 Å². The minimum atomic E-state index is 0.448. The lowest BCUT2D eigenvalue weighted by Gasteiger charge is -2.08. The van der Waals surface area contributed by atoms with Crippen LogP contribution in [0.15, 0.2) is 24.4 Å². The first kappa shape index (κ1) is 11.8. The summed E-state index contributed by atoms with van der Waals surface area (Å²) in [5.41, 5.74) is 8.36. The number of hydrogen-bond donors (Lipinski definition) is 1. The number of nitrogens with two attached hydrogens (primary N) is 1. The average Bonchev–Trinajstić information content (AvgIpc) is 2.59. The third-order valence-corrected chi connectivity index (χ3v) is 2.97. The molecule has 4 nitrogen and oxygen atoms in total. The molecule has 0 amide bonds. The van der Waals surface area contributed by atoms with Gasteiger partial charge in [-0.15, -0.1) is 0 Å². The second kappa shape index (κ2) is 4.67. The number of nitrogen functional groups attached to an aromatic ring is 1. The third kappa shape index (κ3) is 2.53. The van der Waals surface area contributed by atoms with Crippen molar-refractivity contribution >= 4 is 17.3 Å². The third-order valence-electron chi connectivity index (χ3n) is 2.68. The summed E-state index contributed by atoms with van der Waals surface area (Å²) >= 11 is 6.01. The molecule has 17 heavy (non-hydrogen) atoms. The minimum absolute atomic E-state index is 0.448. The number of rotatable bonds is 3. The van der Waals surface area contributed by atoms with Crippen LogP contribution < -0.4 is 10.5 Å². The van der Waals surface area contributed by atoms with Crippen LogP contribution in [0.2, 0.25) is 5.02 Å². The maximum absolute atomic E-state index is 6.01. The Morgan fingerprint density at radius 2 is 2.24 bits per heavy atom. The highest BCUT2D eigenvalue weighted by Crippen LogP contribution is 2.27. The van der Waals surface area contributed by atoms with Gasteiger partial charge in [0.25, 0.3) is 0 Å². The first-order valence-corrected chi connectivity index (χ1v) is 5.61. The van der Waals surface area contributed by atoms with Crippen molar-refractivity contribution < 1.29 is 4.74 Å². The van der Waals surface area contributed by atoms with Gasteiger partial charge in [0.2, 0.25) is 0 Å². The molecule has 0 saturated carbocycles. The zero-order chi connectivity index (χ0) is 12.4. The number of nitrogens with zero attached hydrogens (tertiary/aromatic N) is 2. The number of ether oxygens (including phenoxy) is 1. The lowest BCUT2D eigenvalue weighted by molar-refractivity contribution is 0.305. The number of halogens is 1. The van der Waals surface area contributed by atoms with E-state index in [1.54, 1.807) is 24.4 Å². The van der Waals surface area contributed by atoms with Crippen molar-refractivity contribution in [3.63, 3.8) is 0 Å². The van der Waals surface area contributed by atoms with E-state index in [1.165, 1.54) is 0 Å². The molecule has 0 radical (unpaired) electrons. The molecule has 1 aromatic carbocycles. The molecule has 0 spiro atoms. The Kier molecular flexibility index (Phi) is 3.24. The van der Waals surface area contributed by atoms with Crippen LogP contribution in [0.3, 0.4) is 0 Å². The van der Waals surface area contributed by atoms with E-state index in [0.29, 0.717) is 23.1 Å². The average molecular weight is 252 g/mol. The highest BCUT2D eigenvalue weighted by Gasteiger charge is 2.06. The number of hydrogen-bond acceptors (Lipinski definition) is 3. The summed E-state index contributed by atoms with van der Waals surface area (Å²) in [6.07, 6.45) is 1.79. The summed E-state index contributed by atoms with van der Waals surface area (Å²) in [7, 11) is 1.90. The molecule has 2 N–H and O–H groups in total. The molecule has 0 aliphatic heterocycles. The Bertz CT molecular complexity index is 537. The molecule has 90 valence electrons. The van der Waals surface area contributed by atoms with Crippen LogP contribution in [0.4, 0.5) is 5.69 Å². The molecular formula is C12H14ClN3O. The Hall–Kier alpha value is -1.68. The van der Waals surface area contributed by atoms with Gasteiger partial charge in [0.15, 0.2) is 0 Å². The fourth-order valence-electron chi connectivity index (χ4n) is 1.48. The number of aromatic nitrogens is 2. The van der Waals surface area contributed by atoms with E-state index in [2.05, 4.69) is 5.10 Å². The van der Waals surface area contributed by atoms with E-state index in [9.17, 15) is 0 Å². The Balaban J connectivity index is 2.10. The quantitative estimate of drug-likeness (QED) is 0.853. The summed E-state index contributed by atoms with van der Waals surface area (Å²) in [5, 5.41) is 4.67. The van der Waals surface area contributed by atoms with Gasteiger partial charge in [-0.25, -0.2) is 0 Å². The highest BCUT2D eigenvalue weighted by molar-refractivity contribution is 6.32. The largest absolute Gasteiger partial charge is 0.487 e. The molecule has 0 bridgehead atoms. The molecule has 2 rings (SSSR count). The van der Waals surface area contributed by atoms with Crippen molar-refractivity contribution in [2.45, 2.75) is 13.5 Å². The summed E-state index contributed by atoms with van der Waals surface area (Å²) in [6.45, 7) is 2.44. The molecule has 1 aromatic heterocycles. The van der Waals surface area contributed by atoms with Crippen molar-refractivity contribution in [1.82, 2.24) is 9.78 Å².